The number of fused-ring (bicyclic) bond motifs is 3. The fourth-order valence-corrected chi connectivity index (χ4v) is 3.49. The van der Waals surface area contributed by atoms with E-state index in [0.717, 1.165) is 16.5 Å². The predicted octanol–water partition coefficient (Wildman–Crippen LogP) is 1.21. The van der Waals surface area contributed by atoms with Crippen molar-refractivity contribution in [2.24, 2.45) is 5.92 Å². The Balaban J connectivity index is 2.34. The smallest absolute Gasteiger partial charge is 0.312 e. The zero-order valence-corrected chi connectivity index (χ0v) is 10.7. The molecule has 0 saturated carbocycles. The second-order valence-electron chi connectivity index (χ2n) is 4.55. The Kier molecular flexibility index (Phi) is 2.67. The van der Waals surface area contributed by atoms with Gasteiger partial charge in [-0.05, 0) is 24.5 Å². The zero-order valence-electron chi connectivity index (χ0n) is 9.88. The van der Waals surface area contributed by atoms with Crippen molar-refractivity contribution in [3.05, 3.63) is 35.5 Å². The Hall–Kier alpha value is -2.08. The van der Waals surface area contributed by atoms with Gasteiger partial charge in [0.05, 0.1) is 11.6 Å². The third-order valence-electron chi connectivity index (χ3n) is 3.54. The lowest BCUT2D eigenvalue weighted by Gasteiger charge is -2.19. The lowest BCUT2D eigenvalue weighted by Crippen LogP contribution is -2.30. The van der Waals surface area contributed by atoms with Gasteiger partial charge in [0.15, 0.2) is 0 Å². The monoisotopic (exact) mass is 277 g/mol. The van der Waals surface area contributed by atoms with Gasteiger partial charge in [-0.2, -0.15) is 8.42 Å². The summed E-state index contributed by atoms with van der Waals surface area (Å²) in [6, 6.07) is 7.51. The summed E-state index contributed by atoms with van der Waals surface area (Å²) >= 11 is 0. The van der Waals surface area contributed by atoms with Crippen LogP contribution < -0.4 is 0 Å². The molecule has 19 heavy (non-hydrogen) atoms. The minimum atomic E-state index is -2.54. The normalized spacial score (nSPS) is 18.3. The molecule has 0 saturated heterocycles. The molecule has 2 aromatic rings. The summed E-state index contributed by atoms with van der Waals surface area (Å²) in [6.45, 7) is 0. The van der Waals surface area contributed by atoms with E-state index in [9.17, 15) is 13.2 Å². The number of aliphatic carboxylic acids is 1. The molecular weight excluding hydrogens is 266 g/mol. The van der Waals surface area contributed by atoms with E-state index < -0.39 is 22.2 Å². The number of para-hydroxylation sites is 1. The maximum absolute atomic E-state index is 11.4. The summed E-state index contributed by atoms with van der Waals surface area (Å²) in [5.41, 5.74) is 2.18. The molecule has 6 heteroatoms. The number of hydrogen-bond acceptors (Lipinski definition) is 3. The van der Waals surface area contributed by atoms with Crippen LogP contribution in [0.4, 0.5) is 0 Å². The summed E-state index contributed by atoms with van der Waals surface area (Å²) in [6.07, 6.45) is 0.879. The van der Waals surface area contributed by atoms with Crippen molar-refractivity contribution in [1.29, 1.82) is 0 Å². The Bertz CT molecular complexity index is 808. The summed E-state index contributed by atoms with van der Waals surface area (Å²) < 4.78 is 22.8. The average molecular weight is 277 g/mol. The molecule has 0 fully saturated rings. The SMILES string of the molecule is O=C(O)C1CCc2c([nH]c3ccccc23)C1=S(=O)=O. The highest BCUT2D eigenvalue weighted by Crippen LogP contribution is 2.31. The van der Waals surface area contributed by atoms with Crippen LogP contribution in [-0.2, 0) is 21.5 Å². The first-order chi connectivity index (χ1) is 9.09. The fraction of sp³-hybridized carbons (Fsp3) is 0.231. The number of H-pyrrole nitrogens is 1. The van der Waals surface area contributed by atoms with Gasteiger partial charge < -0.3 is 10.1 Å². The second-order valence-corrected chi connectivity index (χ2v) is 5.46. The van der Waals surface area contributed by atoms with E-state index in [-0.39, 0.29) is 4.86 Å². The van der Waals surface area contributed by atoms with E-state index in [4.69, 9.17) is 5.11 Å². The second kappa shape index (κ2) is 4.24. The van der Waals surface area contributed by atoms with Gasteiger partial charge in [-0.3, -0.25) is 4.79 Å². The maximum atomic E-state index is 11.4. The summed E-state index contributed by atoms with van der Waals surface area (Å²) in [5, 5.41) is 10.1. The number of nitrogens with one attached hydrogen (secondary N) is 1. The highest BCUT2D eigenvalue weighted by Gasteiger charge is 2.34. The third-order valence-corrected chi connectivity index (χ3v) is 4.38. The zero-order chi connectivity index (χ0) is 13.6. The van der Waals surface area contributed by atoms with E-state index in [1.807, 2.05) is 24.3 Å². The van der Waals surface area contributed by atoms with Crippen LogP contribution in [0.5, 0.6) is 0 Å². The molecule has 1 unspecified atom stereocenters. The van der Waals surface area contributed by atoms with Gasteiger partial charge in [0.25, 0.3) is 0 Å². The van der Waals surface area contributed by atoms with Gasteiger partial charge in [-0.15, -0.1) is 0 Å². The van der Waals surface area contributed by atoms with Crippen molar-refractivity contribution in [2.45, 2.75) is 12.8 Å². The molecule has 5 nitrogen and oxygen atoms in total. The number of rotatable bonds is 1. The Morgan fingerprint density at radius 2 is 2.05 bits per heavy atom. The van der Waals surface area contributed by atoms with Crippen LogP contribution in [-0.4, -0.2) is 29.3 Å². The van der Waals surface area contributed by atoms with Crippen molar-refractivity contribution in [3.63, 3.8) is 0 Å². The van der Waals surface area contributed by atoms with E-state index in [1.54, 1.807) is 0 Å². The predicted molar refractivity (Wildman–Crippen MR) is 70.8 cm³/mol. The topological polar surface area (TPSA) is 87.2 Å². The Morgan fingerprint density at radius 1 is 1.32 bits per heavy atom. The number of aromatic nitrogens is 1. The van der Waals surface area contributed by atoms with E-state index in [0.29, 0.717) is 18.5 Å². The number of hydrogen-bond donors (Lipinski definition) is 2. The van der Waals surface area contributed by atoms with Gasteiger partial charge in [-0.1, -0.05) is 18.2 Å². The quantitative estimate of drug-likeness (QED) is 0.767. The van der Waals surface area contributed by atoms with Gasteiger partial charge in [0.1, 0.15) is 4.86 Å². The third kappa shape index (κ3) is 1.76. The standard InChI is InChI=1S/C13H11NO4S/c15-13(16)9-6-5-8-7-3-1-2-4-10(7)14-11(8)12(9)19(17)18/h1-4,9,14H,5-6H2,(H,15,16). The first-order valence-electron chi connectivity index (χ1n) is 5.88. The number of benzene rings is 1. The number of aryl methyl sites for hydroxylation is 1. The molecule has 0 radical (unpaired) electrons. The largest absolute Gasteiger partial charge is 0.481 e. The summed E-state index contributed by atoms with van der Waals surface area (Å²) in [7, 11) is -2.54. The molecule has 2 N–H and O–H groups in total. The van der Waals surface area contributed by atoms with Crippen molar-refractivity contribution < 1.29 is 18.3 Å². The molecule has 98 valence electrons. The minimum Gasteiger partial charge on any atom is -0.481 e. The van der Waals surface area contributed by atoms with Crippen molar-refractivity contribution in [2.75, 3.05) is 0 Å². The fourth-order valence-electron chi connectivity index (χ4n) is 2.70. The molecule has 1 aliphatic carbocycles. The average Bonchev–Trinajstić information content (AvgIpc) is 2.75. The maximum Gasteiger partial charge on any atom is 0.312 e. The van der Waals surface area contributed by atoms with Crippen LogP contribution in [0, 0.1) is 5.92 Å². The van der Waals surface area contributed by atoms with E-state index in [2.05, 4.69) is 4.98 Å². The first-order valence-corrected chi connectivity index (χ1v) is 6.96. The van der Waals surface area contributed by atoms with Crippen LogP contribution >= 0.6 is 0 Å². The van der Waals surface area contributed by atoms with E-state index >= 15 is 0 Å². The Labute approximate surface area is 110 Å². The minimum absolute atomic E-state index is 0.0371. The molecule has 1 heterocycles. The van der Waals surface area contributed by atoms with Crippen LogP contribution in [0.2, 0.25) is 0 Å². The molecule has 0 aliphatic heterocycles. The van der Waals surface area contributed by atoms with E-state index in [1.165, 1.54) is 0 Å². The first kappa shape index (κ1) is 12.0. The number of aromatic amines is 1. The van der Waals surface area contributed by atoms with Gasteiger partial charge in [-0.25, -0.2) is 0 Å². The van der Waals surface area contributed by atoms with Gasteiger partial charge >= 0.3 is 5.97 Å². The number of carbonyl (C=O) groups is 1. The number of carboxylic acid groups (broad SMARTS) is 1. The molecule has 1 aliphatic rings. The lowest BCUT2D eigenvalue weighted by molar-refractivity contribution is -0.139. The van der Waals surface area contributed by atoms with Crippen LogP contribution in [0.3, 0.4) is 0 Å². The van der Waals surface area contributed by atoms with Crippen molar-refractivity contribution in [1.82, 2.24) is 4.98 Å². The molecular formula is C13H11NO4S. The molecule has 1 atom stereocenters. The van der Waals surface area contributed by atoms with Crippen molar-refractivity contribution in [3.8, 4) is 0 Å². The van der Waals surface area contributed by atoms with Gasteiger partial charge in [0.2, 0.25) is 10.3 Å². The molecule has 0 bridgehead atoms. The van der Waals surface area contributed by atoms with Crippen LogP contribution in [0.25, 0.3) is 10.9 Å². The lowest BCUT2D eigenvalue weighted by atomic mass is 9.87. The Morgan fingerprint density at radius 3 is 2.74 bits per heavy atom. The van der Waals surface area contributed by atoms with Gasteiger partial charge in [0, 0.05) is 10.9 Å². The van der Waals surface area contributed by atoms with Crippen LogP contribution in [0.15, 0.2) is 24.3 Å². The highest BCUT2D eigenvalue weighted by molar-refractivity contribution is 7.73. The highest BCUT2D eigenvalue weighted by atomic mass is 32.2. The molecule has 1 aromatic carbocycles. The molecule has 0 amide bonds. The molecule has 0 spiro atoms. The summed E-state index contributed by atoms with van der Waals surface area (Å²) in [5.74, 6) is -2.05. The van der Waals surface area contributed by atoms with Crippen molar-refractivity contribution >= 4 is 32.0 Å². The number of carboxylic acids is 1. The molecule has 3 rings (SSSR count). The summed E-state index contributed by atoms with van der Waals surface area (Å²) in [4.78, 5) is 14.2. The van der Waals surface area contributed by atoms with Crippen LogP contribution in [0.1, 0.15) is 17.7 Å². The molecule has 1 aromatic heterocycles.